The van der Waals surface area contributed by atoms with Crippen LogP contribution in [0, 0.1) is 0 Å². The zero-order valence-electron chi connectivity index (χ0n) is 11.0. The van der Waals surface area contributed by atoms with Gasteiger partial charge in [0.2, 0.25) is 0 Å². The van der Waals surface area contributed by atoms with E-state index in [0.29, 0.717) is 0 Å². The summed E-state index contributed by atoms with van der Waals surface area (Å²) in [5.74, 6) is -1.06. The van der Waals surface area contributed by atoms with Gasteiger partial charge in [0.05, 0.1) is 12.7 Å². The van der Waals surface area contributed by atoms with E-state index in [1.165, 1.54) is 37.4 Å². The largest absolute Gasteiger partial charge is 0.465 e. The highest BCUT2D eigenvalue weighted by molar-refractivity contribution is 5.92. The number of carbonyl (C=O) groups is 1. The highest BCUT2D eigenvalue weighted by Gasteiger charge is 2.34. The molecular weight excluding hydrogens is 285 g/mol. The first-order valence-electron chi connectivity index (χ1n) is 5.95. The molecule has 3 nitrogen and oxygen atoms in total. The molecule has 0 amide bonds. The maximum absolute atomic E-state index is 12.9. The first-order chi connectivity index (χ1) is 9.93. The average Bonchev–Trinajstić information content (AvgIpc) is 2.46. The van der Waals surface area contributed by atoms with Crippen molar-refractivity contribution in [2.24, 2.45) is 0 Å². The second kappa shape index (κ2) is 5.87. The fraction of sp³-hybridized carbons (Fsp3) is 0.133. The molecule has 0 aliphatic carbocycles. The molecular formula is C15H11F3O3. The van der Waals surface area contributed by atoms with Crippen LogP contribution in [0.5, 0.6) is 11.5 Å². The highest BCUT2D eigenvalue weighted by atomic mass is 19.4. The number of para-hydroxylation sites is 2. The van der Waals surface area contributed by atoms with E-state index >= 15 is 0 Å². The standard InChI is InChI=1S/C15H11F3O3/c1-20-14(19)10-6-2-4-8-12(10)21-13-9-5-3-7-11(13)15(16,17)18/h2-9H,1H3. The van der Waals surface area contributed by atoms with Crippen molar-refractivity contribution in [2.45, 2.75) is 6.18 Å². The lowest BCUT2D eigenvalue weighted by molar-refractivity contribution is -0.138. The Balaban J connectivity index is 2.43. The van der Waals surface area contributed by atoms with Crippen LogP contribution in [0.3, 0.4) is 0 Å². The number of hydrogen-bond acceptors (Lipinski definition) is 3. The average molecular weight is 296 g/mol. The van der Waals surface area contributed by atoms with Gasteiger partial charge in [0, 0.05) is 0 Å². The van der Waals surface area contributed by atoms with Crippen molar-refractivity contribution in [3.05, 3.63) is 59.7 Å². The summed E-state index contributed by atoms with van der Waals surface area (Å²) in [7, 11) is 1.18. The third kappa shape index (κ3) is 3.34. The van der Waals surface area contributed by atoms with Gasteiger partial charge in [-0.1, -0.05) is 24.3 Å². The molecule has 0 atom stereocenters. The minimum absolute atomic E-state index is 0.000972. The van der Waals surface area contributed by atoms with Crippen molar-refractivity contribution in [1.29, 1.82) is 0 Å². The molecule has 0 aliphatic heterocycles. The quantitative estimate of drug-likeness (QED) is 0.793. The molecule has 2 rings (SSSR count). The van der Waals surface area contributed by atoms with Crippen LogP contribution in [-0.2, 0) is 10.9 Å². The molecule has 0 saturated carbocycles. The molecule has 0 saturated heterocycles. The van der Waals surface area contributed by atoms with Crippen molar-refractivity contribution in [3.63, 3.8) is 0 Å². The zero-order valence-corrected chi connectivity index (χ0v) is 11.0. The molecule has 110 valence electrons. The maximum Gasteiger partial charge on any atom is 0.419 e. The van der Waals surface area contributed by atoms with Crippen LogP contribution in [0.1, 0.15) is 15.9 Å². The Morgan fingerprint density at radius 3 is 2.14 bits per heavy atom. The number of ether oxygens (including phenoxy) is 2. The van der Waals surface area contributed by atoms with Gasteiger partial charge in [0.1, 0.15) is 17.1 Å². The number of halogens is 3. The Kier molecular flexibility index (Phi) is 4.16. The molecule has 6 heteroatoms. The fourth-order valence-corrected chi connectivity index (χ4v) is 1.74. The lowest BCUT2D eigenvalue weighted by Crippen LogP contribution is -2.08. The molecule has 0 aliphatic rings. The molecule has 0 heterocycles. The van der Waals surface area contributed by atoms with E-state index in [1.807, 2.05) is 0 Å². The predicted octanol–water partition coefficient (Wildman–Crippen LogP) is 4.28. The summed E-state index contributed by atoms with van der Waals surface area (Å²) in [6.07, 6.45) is -4.54. The molecule has 0 bridgehead atoms. The van der Waals surface area contributed by atoms with E-state index in [0.717, 1.165) is 6.07 Å². The van der Waals surface area contributed by atoms with Gasteiger partial charge in [0.25, 0.3) is 0 Å². The van der Waals surface area contributed by atoms with Crippen molar-refractivity contribution in [1.82, 2.24) is 0 Å². The van der Waals surface area contributed by atoms with Gasteiger partial charge < -0.3 is 9.47 Å². The number of methoxy groups -OCH3 is 1. The topological polar surface area (TPSA) is 35.5 Å². The second-order valence-electron chi connectivity index (χ2n) is 4.08. The van der Waals surface area contributed by atoms with Crippen LogP contribution in [0.4, 0.5) is 13.2 Å². The van der Waals surface area contributed by atoms with E-state index in [4.69, 9.17) is 4.74 Å². The Morgan fingerprint density at radius 2 is 1.52 bits per heavy atom. The molecule has 0 spiro atoms. The van der Waals surface area contributed by atoms with E-state index in [-0.39, 0.29) is 17.1 Å². The van der Waals surface area contributed by atoms with Crippen LogP contribution in [0.2, 0.25) is 0 Å². The highest BCUT2D eigenvalue weighted by Crippen LogP contribution is 2.38. The summed E-state index contributed by atoms with van der Waals surface area (Å²) < 4.78 is 48.6. The normalized spacial score (nSPS) is 11.0. The van der Waals surface area contributed by atoms with Gasteiger partial charge in [0.15, 0.2) is 0 Å². The Bertz CT molecular complexity index is 651. The fourth-order valence-electron chi connectivity index (χ4n) is 1.74. The Morgan fingerprint density at radius 1 is 0.952 bits per heavy atom. The summed E-state index contributed by atoms with van der Waals surface area (Å²) in [6.45, 7) is 0. The zero-order chi connectivity index (χ0) is 15.5. The second-order valence-corrected chi connectivity index (χ2v) is 4.08. The van der Waals surface area contributed by atoms with Crippen LogP contribution >= 0.6 is 0 Å². The van der Waals surface area contributed by atoms with Crippen LogP contribution in [-0.4, -0.2) is 13.1 Å². The van der Waals surface area contributed by atoms with E-state index in [9.17, 15) is 18.0 Å². The number of benzene rings is 2. The van der Waals surface area contributed by atoms with Crippen molar-refractivity contribution >= 4 is 5.97 Å². The number of rotatable bonds is 3. The smallest absolute Gasteiger partial charge is 0.419 e. The third-order valence-electron chi connectivity index (χ3n) is 2.70. The number of carbonyl (C=O) groups excluding carboxylic acids is 1. The van der Waals surface area contributed by atoms with Gasteiger partial charge in [-0.05, 0) is 24.3 Å². The molecule has 2 aromatic rings. The van der Waals surface area contributed by atoms with Crippen LogP contribution in [0.25, 0.3) is 0 Å². The third-order valence-corrected chi connectivity index (χ3v) is 2.70. The summed E-state index contributed by atoms with van der Waals surface area (Å²) in [6, 6.07) is 10.7. The minimum atomic E-state index is -4.54. The Labute approximate surface area is 118 Å². The molecule has 21 heavy (non-hydrogen) atoms. The maximum atomic E-state index is 12.9. The summed E-state index contributed by atoms with van der Waals surface area (Å²) in [5.41, 5.74) is -0.860. The van der Waals surface area contributed by atoms with Crippen LogP contribution < -0.4 is 4.74 Å². The van der Waals surface area contributed by atoms with E-state index in [2.05, 4.69) is 4.74 Å². The first kappa shape index (κ1) is 14.9. The molecule has 0 fully saturated rings. The molecule has 2 aromatic carbocycles. The lowest BCUT2D eigenvalue weighted by Gasteiger charge is -2.14. The van der Waals surface area contributed by atoms with Gasteiger partial charge in [-0.3, -0.25) is 0 Å². The van der Waals surface area contributed by atoms with Gasteiger partial charge in [-0.2, -0.15) is 13.2 Å². The number of alkyl halides is 3. The predicted molar refractivity (Wildman–Crippen MR) is 69.3 cm³/mol. The minimum Gasteiger partial charge on any atom is -0.465 e. The molecule has 0 aromatic heterocycles. The van der Waals surface area contributed by atoms with Crippen molar-refractivity contribution in [2.75, 3.05) is 7.11 Å². The van der Waals surface area contributed by atoms with Gasteiger partial charge >= 0.3 is 12.1 Å². The molecule has 0 N–H and O–H groups in total. The Hall–Kier alpha value is -2.50. The van der Waals surface area contributed by atoms with Crippen molar-refractivity contribution < 1.29 is 27.4 Å². The molecule has 0 radical (unpaired) electrons. The van der Waals surface area contributed by atoms with Gasteiger partial charge in [-0.15, -0.1) is 0 Å². The molecule has 0 unspecified atom stereocenters. The number of hydrogen-bond donors (Lipinski definition) is 0. The monoisotopic (exact) mass is 296 g/mol. The van der Waals surface area contributed by atoms with Crippen LogP contribution in [0.15, 0.2) is 48.5 Å². The first-order valence-corrected chi connectivity index (χ1v) is 5.95. The lowest BCUT2D eigenvalue weighted by atomic mass is 10.1. The summed E-state index contributed by atoms with van der Waals surface area (Å²) in [4.78, 5) is 11.6. The SMILES string of the molecule is COC(=O)c1ccccc1Oc1ccccc1C(F)(F)F. The van der Waals surface area contributed by atoms with E-state index in [1.54, 1.807) is 12.1 Å². The number of esters is 1. The summed E-state index contributed by atoms with van der Waals surface area (Å²) >= 11 is 0. The summed E-state index contributed by atoms with van der Waals surface area (Å²) in [5, 5.41) is 0. The van der Waals surface area contributed by atoms with Crippen molar-refractivity contribution in [3.8, 4) is 11.5 Å². The van der Waals surface area contributed by atoms with E-state index < -0.39 is 17.7 Å². The van der Waals surface area contributed by atoms with Gasteiger partial charge in [-0.25, -0.2) is 4.79 Å².